The maximum atomic E-state index is 12.1. The molecule has 1 atom stereocenters. The lowest BCUT2D eigenvalue weighted by atomic mass is 10.2. The van der Waals surface area contributed by atoms with Gasteiger partial charge >= 0.3 is 0 Å². The summed E-state index contributed by atoms with van der Waals surface area (Å²) in [5, 5.41) is 2.89. The fourth-order valence-corrected chi connectivity index (χ4v) is 2.74. The van der Waals surface area contributed by atoms with E-state index in [0.29, 0.717) is 18.7 Å². The Bertz CT molecular complexity index is 659. The second kappa shape index (κ2) is 6.34. The normalized spacial score (nSPS) is 16.3. The molecular formula is C16H14INO3. The van der Waals surface area contributed by atoms with Crippen LogP contribution in [-0.4, -0.2) is 25.2 Å². The molecule has 1 aliphatic heterocycles. The molecule has 0 aliphatic carbocycles. The standard InChI is InChI=1S/C16H14INO3/c17-13-6-2-1-5-12(13)16(19)18-9-11-10-20-14-7-3-4-8-15(14)21-11/h1-8,11H,9-10H2,(H,18,19)/t11-/m1/s1. The Kier molecular flexibility index (Phi) is 4.28. The molecule has 108 valence electrons. The van der Waals surface area contributed by atoms with Gasteiger partial charge in [0.05, 0.1) is 12.1 Å². The highest BCUT2D eigenvalue weighted by atomic mass is 127. The number of para-hydroxylation sites is 2. The number of carbonyl (C=O) groups is 1. The van der Waals surface area contributed by atoms with Crippen molar-refractivity contribution in [2.75, 3.05) is 13.2 Å². The number of amides is 1. The zero-order chi connectivity index (χ0) is 14.7. The zero-order valence-corrected chi connectivity index (χ0v) is 13.4. The molecule has 0 bridgehead atoms. The van der Waals surface area contributed by atoms with Crippen molar-refractivity contribution >= 4 is 28.5 Å². The van der Waals surface area contributed by atoms with Crippen LogP contribution in [0, 0.1) is 3.57 Å². The van der Waals surface area contributed by atoms with Crippen LogP contribution in [0.25, 0.3) is 0 Å². The van der Waals surface area contributed by atoms with Crippen molar-refractivity contribution in [3.8, 4) is 11.5 Å². The molecule has 2 aromatic rings. The predicted molar refractivity (Wildman–Crippen MR) is 87.8 cm³/mol. The molecule has 1 N–H and O–H groups in total. The topological polar surface area (TPSA) is 47.6 Å². The first-order valence-corrected chi connectivity index (χ1v) is 7.73. The average molecular weight is 395 g/mol. The van der Waals surface area contributed by atoms with Gasteiger partial charge < -0.3 is 14.8 Å². The molecule has 0 saturated carbocycles. The number of benzene rings is 2. The number of fused-ring (bicyclic) bond motifs is 1. The summed E-state index contributed by atoms with van der Waals surface area (Å²) < 4.78 is 12.4. The monoisotopic (exact) mass is 395 g/mol. The highest BCUT2D eigenvalue weighted by Crippen LogP contribution is 2.30. The van der Waals surface area contributed by atoms with Gasteiger partial charge in [-0.3, -0.25) is 4.79 Å². The lowest BCUT2D eigenvalue weighted by Crippen LogP contribution is -2.40. The molecule has 21 heavy (non-hydrogen) atoms. The van der Waals surface area contributed by atoms with E-state index >= 15 is 0 Å². The molecule has 3 rings (SSSR count). The molecule has 0 spiro atoms. The molecular weight excluding hydrogens is 381 g/mol. The van der Waals surface area contributed by atoms with E-state index in [4.69, 9.17) is 9.47 Å². The molecule has 2 aromatic carbocycles. The van der Waals surface area contributed by atoms with E-state index in [2.05, 4.69) is 27.9 Å². The van der Waals surface area contributed by atoms with Gasteiger partial charge in [-0.05, 0) is 46.9 Å². The van der Waals surface area contributed by atoms with Gasteiger partial charge in [-0.25, -0.2) is 0 Å². The van der Waals surface area contributed by atoms with Crippen LogP contribution in [-0.2, 0) is 0 Å². The van der Waals surface area contributed by atoms with Crippen LogP contribution >= 0.6 is 22.6 Å². The van der Waals surface area contributed by atoms with Crippen molar-refractivity contribution < 1.29 is 14.3 Å². The van der Waals surface area contributed by atoms with Crippen LogP contribution < -0.4 is 14.8 Å². The van der Waals surface area contributed by atoms with Gasteiger partial charge in [-0.2, -0.15) is 0 Å². The van der Waals surface area contributed by atoms with Gasteiger partial charge in [0.25, 0.3) is 5.91 Å². The lowest BCUT2D eigenvalue weighted by Gasteiger charge is -2.26. The number of rotatable bonds is 3. The highest BCUT2D eigenvalue weighted by molar-refractivity contribution is 14.1. The van der Waals surface area contributed by atoms with Crippen molar-refractivity contribution in [1.29, 1.82) is 0 Å². The van der Waals surface area contributed by atoms with Gasteiger partial charge in [-0.15, -0.1) is 0 Å². The molecule has 1 amide bonds. The summed E-state index contributed by atoms with van der Waals surface area (Å²) in [6.45, 7) is 0.849. The van der Waals surface area contributed by atoms with Gasteiger partial charge in [-0.1, -0.05) is 24.3 Å². The summed E-state index contributed by atoms with van der Waals surface area (Å²) in [6.07, 6.45) is -0.176. The molecule has 5 heteroatoms. The van der Waals surface area contributed by atoms with Crippen molar-refractivity contribution in [2.45, 2.75) is 6.10 Å². The summed E-state index contributed by atoms with van der Waals surface area (Å²) in [5.74, 6) is 1.37. The van der Waals surface area contributed by atoms with Crippen LogP contribution in [0.3, 0.4) is 0 Å². The highest BCUT2D eigenvalue weighted by Gasteiger charge is 2.21. The number of ether oxygens (including phenoxy) is 2. The summed E-state index contributed by atoms with van der Waals surface area (Å²) in [5.41, 5.74) is 0.676. The summed E-state index contributed by atoms with van der Waals surface area (Å²) in [6, 6.07) is 15.0. The van der Waals surface area contributed by atoms with Crippen LogP contribution in [0.2, 0.25) is 0 Å². The Morgan fingerprint density at radius 3 is 2.67 bits per heavy atom. The summed E-state index contributed by atoms with van der Waals surface area (Å²) in [7, 11) is 0. The first kappa shape index (κ1) is 14.2. The zero-order valence-electron chi connectivity index (χ0n) is 11.2. The van der Waals surface area contributed by atoms with E-state index in [-0.39, 0.29) is 12.0 Å². The third-order valence-electron chi connectivity index (χ3n) is 3.18. The Labute approximate surface area is 136 Å². The first-order chi connectivity index (χ1) is 10.2. The fraction of sp³-hybridized carbons (Fsp3) is 0.188. The van der Waals surface area contributed by atoms with Crippen LogP contribution in [0.1, 0.15) is 10.4 Å². The SMILES string of the molecule is O=C(NC[C@@H]1COc2ccccc2O1)c1ccccc1I. The maximum absolute atomic E-state index is 12.1. The second-order valence-electron chi connectivity index (χ2n) is 4.69. The number of nitrogens with one attached hydrogen (secondary N) is 1. The van der Waals surface area contributed by atoms with E-state index in [9.17, 15) is 4.79 Å². The number of carbonyl (C=O) groups excluding carboxylic acids is 1. The van der Waals surface area contributed by atoms with Gasteiger partial charge in [0.1, 0.15) is 12.7 Å². The predicted octanol–water partition coefficient (Wildman–Crippen LogP) is 2.86. The number of halogens is 1. The van der Waals surface area contributed by atoms with E-state index < -0.39 is 0 Å². The molecule has 0 saturated heterocycles. The molecule has 4 nitrogen and oxygen atoms in total. The Morgan fingerprint density at radius 2 is 1.86 bits per heavy atom. The van der Waals surface area contributed by atoms with E-state index in [0.717, 1.165) is 15.1 Å². The Morgan fingerprint density at radius 1 is 1.14 bits per heavy atom. The lowest BCUT2D eigenvalue weighted by molar-refractivity contribution is 0.0788. The summed E-state index contributed by atoms with van der Waals surface area (Å²) in [4.78, 5) is 12.1. The van der Waals surface area contributed by atoms with E-state index in [1.54, 1.807) is 0 Å². The minimum absolute atomic E-state index is 0.0949. The van der Waals surface area contributed by atoms with Crippen molar-refractivity contribution in [3.63, 3.8) is 0 Å². The van der Waals surface area contributed by atoms with Crippen LogP contribution in [0.5, 0.6) is 11.5 Å². The quantitative estimate of drug-likeness (QED) is 0.814. The van der Waals surface area contributed by atoms with Gasteiger partial charge in [0, 0.05) is 3.57 Å². The van der Waals surface area contributed by atoms with E-state index in [1.165, 1.54) is 0 Å². The smallest absolute Gasteiger partial charge is 0.252 e. The van der Waals surface area contributed by atoms with Crippen molar-refractivity contribution in [2.24, 2.45) is 0 Å². The van der Waals surface area contributed by atoms with Crippen molar-refractivity contribution in [1.82, 2.24) is 5.32 Å². The first-order valence-electron chi connectivity index (χ1n) is 6.65. The minimum atomic E-state index is -0.176. The fourth-order valence-electron chi connectivity index (χ4n) is 2.11. The summed E-state index contributed by atoms with van der Waals surface area (Å²) >= 11 is 2.15. The Balaban J connectivity index is 1.59. The maximum Gasteiger partial charge on any atom is 0.252 e. The molecule has 0 aromatic heterocycles. The molecule has 1 heterocycles. The van der Waals surface area contributed by atoms with Gasteiger partial charge in [0.15, 0.2) is 11.5 Å². The molecule has 0 unspecified atom stereocenters. The Hall–Kier alpha value is -1.76. The van der Waals surface area contributed by atoms with Crippen molar-refractivity contribution in [3.05, 3.63) is 57.7 Å². The number of hydrogen-bond donors (Lipinski definition) is 1. The van der Waals surface area contributed by atoms with Gasteiger partial charge in [0.2, 0.25) is 0 Å². The molecule has 1 aliphatic rings. The van der Waals surface area contributed by atoms with Crippen LogP contribution in [0.4, 0.5) is 0 Å². The second-order valence-corrected chi connectivity index (χ2v) is 5.85. The molecule has 0 fully saturated rings. The molecule has 0 radical (unpaired) electrons. The largest absolute Gasteiger partial charge is 0.486 e. The third kappa shape index (κ3) is 3.29. The number of hydrogen-bond acceptors (Lipinski definition) is 3. The third-order valence-corrected chi connectivity index (χ3v) is 4.12. The average Bonchev–Trinajstić information content (AvgIpc) is 2.53. The van der Waals surface area contributed by atoms with E-state index in [1.807, 2.05) is 48.5 Å². The minimum Gasteiger partial charge on any atom is -0.486 e. The van der Waals surface area contributed by atoms with Crippen LogP contribution in [0.15, 0.2) is 48.5 Å².